The first-order chi connectivity index (χ1) is 6.69. The highest BCUT2D eigenvalue weighted by Gasteiger charge is 2.31. The number of carbonyl (C=O) groups is 1. The molecule has 0 aromatic heterocycles. The molecule has 4 nitrogen and oxygen atoms in total. The summed E-state index contributed by atoms with van der Waals surface area (Å²) in [7, 11) is 2.94. The van der Waals surface area contributed by atoms with E-state index in [-0.39, 0.29) is 25.2 Å². The molecule has 2 atom stereocenters. The molecule has 0 radical (unpaired) electrons. The number of likely N-dealkylation sites (tertiary alicyclic amines) is 1. The highest BCUT2D eigenvalue weighted by Crippen LogP contribution is 2.16. The van der Waals surface area contributed by atoms with Crippen LogP contribution in [-0.4, -0.2) is 57.0 Å². The first kappa shape index (κ1) is 11.4. The molecule has 1 aliphatic rings. The van der Waals surface area contributed by atoms with Crippen LogP contribution in [-0.2, 0) is 14.3 Å². The number of hydrogen-bond acceptors (Lipinski definition) is 3. The molecule has 0 saturated carbocycles. The molecule has 0 bridgehead atoms. The summed E-state index contributed by atoms with van der Waals surface area (Å²) in [5.74, 6) is -0.162. The number of hydrogen-bond donors (Lipinski definition) is 0. The van der Waals surface area contributed by atoms with E-state index in [0.717, 1.165) is 0 Å². The molecule has 0 aromatic rings. The highest BCUT2D eigenvalue weighted by molar-refractivity contribution is 5.77. The summed E-state index contributed by atoms with van der Waals surface area (Å²) in [5.41, 5.74) is 0. The van der Waals surface area contributed by atoms with Gasteiger partial charge in [-0.2, -0.15) is 0 Å². The van der Waals surface area contributed by atoms with Crippen molar-refractivity contribution in [2.75, 3.05) is 33.9 Å². The van der Waals surface area contributed by atoms with Crippen LogP contribution in [0.5, 0.6) is 0 Å². The molecule has 14 heavy (non-hydrogen) atoms. The van der Waals surface area contributed by atoms with Crippen LogP contribution in [0, 0.1) is 0 Å². The van der Waals surface area contributed by atoms with Gasteiger partial charge in [0.1, 0.15) is 12.8 Å². The minimum Gasteiger partial charge on any atom is -0.378 e. The number of amides is 1. The maximum absolute atomic E-state index is 13.3. The van der Waals surface area contributed by atoms with Gasteiger partial charge in [0, 0.05) is 20.8 Å². The number of piperidine rings is 1. The molecule has 1 aliphatic heterocycles. The summed E-state index contributed by atoms with van der Waals surface area (Å²) >= 11 is 0. The third-order valence-electron chi connectivity index (χ3n) is 2.41. The van der Waals surface area contributed by atoms with E-state index in [1.807, 2.05) is 0 Å². The minimum absolute atomic E-state index is 0.0182. The van der Waals surface area contributed by atoms with E-state index in [4.69, 9.17) is 9.47 Å². The van der Waals surface area contributed by atoms with Crippen molar-refractivity contribution >= 4 is 5.91 Å². The quantitative estimate of drug-likeness (QED) is 0.661. The van der Waals surface area contributed by atoms with Crippen molar-refractivity contribution in [3.8, 4) is 0 Å². The first-order valence-corrected chi connectivity index (χ1v) is 4.62. The molecular formula is C9H16FNO3. The van der Waals surface area contributed by atoms with E-state index in [2.05, 4.69) is 0 Å². The van der Waals surface area contributed by atoms with Crippen LogP contribution < -0.4 is 0 Å². The zero-order chi connectivity index (χ0) is 10.6. The number of alkyl halides is 1. The number of rotatable bonds is 3. The van der Waals surface area contributed by atoms with E-state index in [9.17, 15) is 9.18 Å². The Kier molecular flexibility index (Phi) is 4.28. The monoisotopic (exact) mass is 205 g/mol. The zero-order valence-electron chi connectivity index (χ0n) is 8.53. The second-order valence-corrected chi connectivity index (χ2v) is 3.35. The van der Waals surface area contributed by atoms with Crippen molar-refractivity contribution in [1.82, 2.24) is 4.90 Å². The molecule has 1 fully saturated rings. The Morgan fingerprint density at radius 1 is 1.57 bits per heavy atom. The fraction of sp³-hybridized carbons (Fsp3) is 0.889. The molecule has 0 unspecified atom stereocenters. The van der Waals surface area contributed by atoms with Crippen molar-refractivity contribution in [2.45, 2.75) is 18.7 Å². The van der Waals surface area contributed by atoms with Crippen LogP contribution in [0.3, 0.4) is 0 Å². The molecule has 1 heterocycles. The molecule has 0 N–H and O–H groups in total. The zero-order valence-corrected chi connectivity index (χ0v) is 8.53. The Bertz CT molecular complexity index is 200. The smallest absolute Gasteiger partial charge is 0.248 e. The van der Waals surface area contributed by atoms with Crippen LogP contribution in [0.2, 0.25) is 0 Å². The van der Waals surface area contributed by atoms with Crippen molar-refractivity contribution in [3.05, 3.63) is 0 Å². The van der Waals surface area contributed by atoms with Crippen LogP contribution in [0.15, 0.2) is 0 Å². The van der Waals surface area contributed by atoms with Gasteiger partial charge in [-0.05, 0) is 6.42 Å². The van der Waals surface area contributed by atoms with Gasteiger partial charge < -0.3 is 14.4 Å². The molecule has 5 heteroatoms. The molecule has 1 amide bonds. The second-order valence-electron chi connectivity index (χ2n) is 3.35. The second kappa shape index (κ2) is 5.26. The summed E-state index contributed by atoms with van der Waals surface area (Å²) in [6.45, 7) is 0.673. The lowest BCUT2D eigenvalue weighted by atomic mass is 10.1. The average molecular weight is 205 g/mol. The van der Waals surface area contributed by atoms with Crippen molar-refractivity contribution in [3.63, 3.8) is 0 Å². The van der Waals surface area contributed by atoms with Crippen LogP contribution in [0.1, 0.15) is 6.42 Å². The summed E-state index contributed by atoms with van der Waals surface area (Å²) in [5, 5.41) is 0. The summed E-state index contributed by atoms with van der Waals surface area (Å²) < 4.78 is 23.0. The Labute approximate surface area is 83.0 Å². The fourth-order valence-corrected chi connectivity index (χ4v) is 1.59. The third kappa shape index (κ3) is 2.65. The van der Waals surface area contributed by atoms with Gasteiger partial charge in [-0.3, -0.25) is 4.79 Å². The molecule has 0 aromatic carbocycles. The van der Waals surface area contributed by atoms with E-state index < -0.39 is 6.17 Å². The Hall–Kier alpha value is -0.680. The standard InChI is InChI=1S/C9H16FNO3/c1-13-6-9(12)11-4-3-8(14-2)7(10)5-11/h7-8H,3-6H2,1-2H3/t7-,8+/m1/s1. The molecule has 1 saturated heterocycles. The average Bonchev–Trinajstić information content (AvgIpc) is 2.18. The summed E-state index contributed by atoms with van der Waals surface area (Å²) in [6.07, 6.45) is -0.913. The van der Waals surface area contributed by atoms with Gasteiger partial charge in [0.25, 0.3) is 0 Å². The van der Waals surface area contributed by atoms with Gasteiger partial charge in [-0.1, -0.05) is 0 Å². The fourth-order valence-electron chi connectivity index (χ4n) is 1.59. The van der Waals surface area contributed by atoms with Gasteiger partial charge in [-0.15, -0.1) is 0 Å². The van der Waals surface area contributed by atoms with Crippen LogP contribution in [0.25, 0.3) is 0 Å². The largest absolute Gasteiger partial charge is 0.378 e. The molecule has 1 rings (SSSR count). The van der Waals surface area contributed by atoms with Gasteiger partial charge in [0.15, 0.2) is 0 Å². The van der Waals surface area contributed by atoms with Gasteiger partial charge >= 0.3 is 0 Å². The maximum Gasteiger partial charge on any atom is 0.248 e. The Balaban J connectivity index is 2.41. The number of methoxy groups -OCH3 is 2. The van der Waals surface area contributed by atoms with Gasteiger partial charge in [0.2, 0.25) is 5.91 Å². The predicted octanol–water partition coefficient (Wildman–Crippen LogP) is 0.218. The first-order valence-electron chi connectivity index (χ1n) is 4.62. The lowest BCUT2D eigenvalue weighted by Gasteiger charge is -2.33. The Morgan fingerprint density at radius 3 is 2.79 bits per heavy atom. The van der Waals surface area contributed by atoms with Crippen molar-refractivity contribution < 1.29 is 18.7 Å². The lowest BCUT2D eigenvalue weighted by Crippen LogP contribution is -2.48. The third-order valence-corrected chi connectivity index (χ3v) is 2.41. The molecule has 82 valence electrons. The van der Waals surface area contributed by atoms with Crippen molar-refractivity contribution in [1.29, 1.82) is 0 Å². The highest BCUT2D eigenvalue weighted by atomic mass is 19.1. The normalized spacial score (nSPS) is 27.8. The number of ether oxygens (including phenoxy) is 2. The lowest BCUT2D eigenvalue weighted by molar-refractivity contribution is -0.140. The number of halogens is 1. The summed E-state index contributed by atoms with van der Waals surface area (Å²) in [4.78, 5) is 12.8. The SMILES string of the molecule is COCC(=O)N1CC[C@H](OC)[C@H](F)C1. The molecule has 0 spiro atoms. The topological polar surface area (TPSA) is 38.8 Å². The molecule has 0 aliphatic carbocycles. The van der Waals surface area contributed by atoms with E-state index >= 15 is 0 Å². The maximum atomic E-state index is 13.3. The number of nitrogens with zero attached hydrogens (tertiary/aromatic N) is 1. The molecular weight excluding hydrogens is 189 g/mol. The summed E-state index contributed by atoms with van der Waals surface area (Å²) in [6, 6.07) is 0. The minimum atomic E-state index is -1.09. The van der Waals surface area contributed by atoms with Gasteiger partial charge in [0.05, 0.1) is 12.6 Å². The van der Waals surface area contributed by atoms with E-state index in [1.165, 1.54) is 19.1 Å². The van der Waals surface area contributed by atoms with Gasteiger partial charge in [-0.25, -0.2) is 4.39 Å². The van der Waals surface area contributed by atoms with E-state index in [1.54, 1.807) is 0 Å². The number of carbonyl (C=O) groups excluding carboxylic acids is 1. The van der Waals surface area contributed by atoms with Crippen LogP contribution >= 0.6 is 0 Å². The Morgan fingerprint density at radius 2 is 2.29 bits per heavy atom. The van der Waals surface area contributed by atoms with Crippen LogP contribution in [0.4, 0.5) is 4.39 Å². The van der Waals surface area contributed by atoms with E-state index in [0.29, 0.717) is 13.0 Å². The predicted molar refractivity (Wildman–Crippen MR) is 48.8 cm³/mol. The van der Waals surface area contributed by atoms with Crippen molar-refractivity contribution in [2.24, 2.45) is 0 Å².